The number of nitrogens with zero attached hydrogens (tertiary/aromatic N) is 1. The summed E-state index contributed by atoms with van der Waals surface area (Å²) in [5.41, 5.74) is 2.02. The van der Waals surface area contributed by atoms with Crippen molar-refractivity contribution in [1.82, 2.24) is 5.32 Å². The molecule has 2 rings (SSSR count). The number of aliphatic hydroxyl groups excluding tert-OH is 1. The minimum atomic E-state index is -1.82. The lowest BCUT2D eigenvalue weighted by molar-refractivity contribution is -0.384. The highest BCUT2D eigenvalue weighted by atomic mass is 16.6. The first-order valence-electron chi connectivity index (χ1n) is 7.94. The molecule has 2 aromatic rings. The van der Waals surface area contributed by atoms with Crippen LogP contribution in [0.3, 0.4) is 0 Å². The monoisotopic (exact) mass is 376 g/mol. The Morgan fingerprint density at radius 2 is 1.56 bits per heavy atom. The third-order valence-corrected chi connectivity index (χ3v) is 3.44. The summed E-state index contributed by atoms with van der Waals surface area (Å²) in [6, 6.07) is 16.0. The van der Waals surface area contributed by atoms with E-state index in [1.54, 1.807) is 12.1 Å². The summed E-state index contributed by atoms with van der Waals surface area (Å²) in [4.78, 5) is 28.3. The molecule has 9 heteroatoms. The average molecular weight is 376 g/mol. The molecule has 0 spiro atoms. The fourth-order valence-corrected chi connectivity index (χ4v) is 2.05. The quantitative estimate of drug-likeness (QED) is 0.246. The van der Waals surface area contributed by atoms with E-state index >= 15 is 0 Å². The molecule has 0 aliphatic rings. The molecule has 0 saturated carbocycles. The van der Waals surface area contributed by atoms with Gasteiger partial charge < -0.3 is 20.6 Å². The number of hydrogen-bond acceptors (Lipinski definition) is 6. The van der Waals surface area contributed by atoms with Gasteiger partial charge in [-0.3, -0.25) is 10.1 Å². The second-order valence-corrected chi connectivity index (χ2v) is 5.41. The Morgan fingerprint density at radius 3 is 2.04 bits per heavy atom. The maximum Gasteiger partial charge on any atom is 0.414 e. The number of carboxylic acid groups (broad SMARTS) is 2. The number of nitrogens with one attached hydrogen (secondary N) is 1. The SMILES string of the molecule is O=C(O)C(=O)O.O=[N+]([O-])c1ccc(CCNC[C@H](O)c2ccccc2)cc1. The Morgan fingerprint density at radius 1 is 1.00 bits per heavy atom. The molecule has 0 bridgehead atoms. The highest BCUT2D eigenvalue weighted by Gasteiger charge is 2.06. The maximum absolute atomic E-state index is 10.5. The van der Waals surface area contributed by atoms with Crippen molar-refractivity contribution in [2.45, 2.75) is 12.5 Å². The zero-order valence-corrected chi connectivity index (χ0v) is 14.3. The first kappa shape index (κ1) is 21.7. The molecular weight excluding hydrogens is 356 g/mol. The van der Waals surface area contributed by atoms with E-state index in [9.17, 15) is 15.2 Å². The van der Waals surface area contributed by atoms with Gasteiger partial charge in [-0.2, -0.15) is 0 Å². The molecular formula is C18H20N2O7. The number of nitro benzene ring substituents is 1. The van der Waals surface area contributed by atoms with Gasteiger partial charge in [-0.1, -0.05) is 42.5 Å². The first-order valence-corrected chi connectivity index (χ1v) is 7.94. The maximum atomic E-state index is 10.5. The van der Waals surface area contributed by atoms with E-state index in [4.69, 9.17) is 19.8 Å². The van der Waals surface area contributed by atoms with Gasteiger partial charge in [0.2, 0.25) is 0 Å². The highest BCUT2D eigenvalue weighted by molar-refractivity contribution is 6.27. The summed E-state index contributed by atoms with van der Waals surface area (Å²) in [5.74, 6) is -3.65. The topological polar surface area (TPSA) is 150 Å². The molecule has 144 valence electrons. The van der Waals surface area contributed by atoms with Crippen molar-refractivity contribution in [2.75, 3.05) is 13.1 Å². The van der Waals surface area contributed by atoms with Crippen LogP contribution in [0.5, 0.6) is 0 Å². The minimum Gasteiger partial charge on any atom is -0.473 e. The van der Waals surface area contributed by atoms with E-state index in [0.29, 0.717) is 13.1 Å². The molecule has 0 aliphatic heterocycles. The number of rotatable bonds is 7. The third kappa shape index (κ3) is 8.56. The van der Waals surface area contributed by atoms with Crippen molar-refractivity contribution in [2.24, 2.45) is 0 Å². The standard InChI is InChI=1S/C16H18N2O3.C2H2O4/c19-16(14-4-2-1-3-5-14)12-17-11-10-13-6-8-15(9-7-13)18(20)21;3-1(4)2(5)6/h1-9,16-17,19H,10-12H2;(H,3,4)(H,5,6)/t16-;/m0./s1. The van der Waals surface area contributed by atoms with Crippen LogP contribution in [0, 0.1) is 10.1 Å². The summed E-state index contributed by atoms with van der Waals surface area (Å²) in [5, 5.41) is 38.5. The summed E-state index contributed by atoms with van der Waals surface area (Å²) in [6.45, 7) is 1.19. The number of hydrogen-bond donors (Lipinski definition) is 4. The number of aliphatic carboxylic acids is 2. The van der Waals surface area contributed by atoms with Crippen LogP contribution >= 0.6 is 0 Å². The Kier molecular flexibility index (Phi) is 9.13. The van der Waals surface area contributed by atoms with E-state index in [1.807, 2.05) is 30.3 Å². The molecule has 1 atom stereocenters. The van der Waals surface area contributed by atoms with E-state index in [0.717, 1.165) is 17.5 Å². The Hall–Kier alpha value is -3.30. The zero-order chi connectivity index (χ0) is 20.2. The van der Waals surface area contributed by atoms with Crippen molar-refractivity contribution < 1.29 is 29.8 Å². The summed E-state index contributed by atoms with van der Waals surface area (Å²) in [7, 11) is 0. The predicted octanol–water partition coefficient (Wildman–Crippen LogP) is 1.62. The fraction of sp³-hybridized carbons (Fsp3) is 0.222. The Labute approximate surface area is 155 Å². The second-order valence-electron chi connectivity index (χ2n) is 5.41. The third-order valence-electron chi connectivity index (χ3n) is 3.44. The lowest BCUT2D eigenvalue weighted by Gasteiger charge is -2.12. The molecule has 0 unspecified atom stereocenters. The van der Waals surface area contributed by atoms with Crippen LogP contribution in [-0.2, 0) is 16.0 Å². The van der Waals surface area contributed by atoms with E-state index in [2.05, 4.69) is 5.32 Å². The Bertz CT molecular complexity index is 736. The lowest BCUT2D eigenvalue weighted by Crippen LogP contribution is -2.23. The number of carboxylic acids is 2. The molecule has 0 heterocycles. The van der Waals surface area contributed by atoms with Crippen molar-refractivity contribution in [1.29, 1.82) is 0 Å². The van der Waals surface area contributed by atoms with E-state index in [-0.39, 0.29) is 5.69 Å². The molecule has 0 aromatic heterocycles. The van der Waals surface area contributed by atoms with E-state index in [1.165, 1.54) is 12.1 Å². The van der Waals surface area contributed by atoms with Gasteiger partial charge in [0.15, 0.2) is 0 Å². The number of non-ortho nitro benzene ring substituents is 1. The number of nitro groups is 1. The molecule has 0 aliphatic carbocycles. The van der Waals surface area contributed by atoms with Gasteiger partial charge in [0, 0.05) is 18.7 Å². The molecule has 4 N–H and O–H groups in total. The molecule has 0 fully saturated rings. The predicted molar refractivity (Wildman–Crippen MR) is 96.3 cm³/mol. The zero-order valence-electron chi connectivity index (χ0n) is 14.3. The molecule has 2 aromatic carbocycles. The van der Waals surface area contributed by atoms with Crippen LogP contribution < -0.4 is 5.32 Å². The largest absolute Gasteiger partial charge is 0.473 e. The van der Waals surface area contributed by atoms with Crippen LogP contribution in [0.25, 0.3) is 0 Å². The molecule has 0 amide bonds. The van der Waals surface area contributed by atoms with Crippen LogP contribution in [0.15, 0.2) is 54.6 Å². The average Bonchev–Trinajstić information content (AvgIpc) is 2.66. The Balaban J connectivity index is 0.000000527. The minimum absolute atomic E-state index is 0.103. The van der Waals surface area contributed by atoms with Gasteiger partial charge in [-0.15, -0.1) is 0 Å². The smallest absolute Gasteiger partial charge is 0.414 e. The van der Waals surface area contributed by atoms with Gasteiger partial charge in [0.1, 0.15) is 0 Å². The fourth-order valence-electron chi connectivity index (χ4n) is 2.05. The van der Waals surface area contributed by atoms with Gasteiger partial charge in [-0.25, -0.2) is 9.59 Å². The van der Waals surface area contributed by atoms with Crippen LogP contribution in [0.1, 0.15) is 17.2 Å². The van der Waals surface area contributed by atoms with Crippen molar-refractivity contribution >= 4 is 17.6 Å². The van der Waals surface area contributed by atoms with Crippen molar-refractivity contribution in [3.8, 4) is 0 Å². The van der Waals surface area contributed by atoms with Gasteiger partial charge in [-0.05, 0) is 24.1 Å². The van der Waals surface area contributed by atoms with Crippen molar-refractivity contribution in [3.63, 3.8) is 0 Å². The lowest BCUT2D eigenvalue weighted by atomic mass is 10.1. The number of aliphatic hydroxyl groups is 1. The highest BCUT2D eigenvalue weighted by Crippen LogP contribution is 2.12. The van der Waals surface area contributed by atoms with Crippen LogP contribution in [0.2, 0.25) is 0 Å². The number of benzene rings is 2. The molecule has 9 nitrogen and oxygen atoms in total. The van der Waals surface area contributed by atoms with E-state index < -0.39 is 23.0 Å². The summed E-state index contributed by atoms with van der Waals surface area (Å²) < 4.78 is 0. The molecule has 0 radical (unpaired) electrons. The van der Waals surface area contributed by atoms with Crippen molar-refractivity contribution in [3.05, 3.63) is 75.8 Å². The molecule has 0 saturated heterocycles. The van der Waals surface area contributed by atoms with Gasteiger partial charge in [0.25, 0.3) is 5.69 Å². The first-order chi connectivity index (χ1) is 12.8. The summed E-state index contributed by atoms with van der Waals surface area (Å²) in [6.07, 6.45) is 0.238. The summed E-state index contributed by atoms with van der Waals surface area (Å²) >= 11 is 0. The second kappa shape index (κ2) is 11.3. The van der Waals surface area contributed by atoms with Gasteiger partial charge >= 0.3 is 11.9 Å². The van der Waals surface area contributed by atoms with Crippen LogP contribution in [0.4, 0.5) is 5.69 Å². The number of carbonyl (C=O) groups is 2. The normalized spacial score (nSPS) is 11.0. The van der Waals surface area contributed by atoms with Gasteiger partial charge in [0.05, 0.1) is 11.0 Å². The molecule has 27 heavy (non-hydrogen) atoms. The van der Waals surface area contributed by atoms with Crippen LogP contribution in [-0.4, -0.2) is 45.3 Å².